The van der Waals surface area contributed by atoms with Crippen molar-refractivity contribution in [3.05, 3.63) is 59.7 Å². The highest BCUT2D eigenvalue weighted by Gasteiger charge is 2.55. The van der Waals surface area contributed by atoms with Crippen LogP contribution in [0.15, 0.2) is 48.5 Å². The minimum atomic E-state index is -0.520. The molecule has 1 saturated carbocycles. The molecule has 2 aromatic carbocycles. The van der Waals surface area contributed by atoms with E-state index in [1.807, 2.05) is 24.3 Å². The van der Waals surface area contributed by atoms with E-state index in [0.29, 0.717) is 18.6 Å². The number of fused-ring (bicyclic) bond motifs is 3. The zero-order chi connectivity index (χ0) is 20.9. The fourth-order valence-corrected chi connectivity index (χ4v) is 6.00. The molecule has 0 aromatic heterocycles. The zero-order valence-electron chi connectivity index (χ0n) is 17.6. The number of alkyl carbamates (subject to hydrolysis) is 1. The van der Waals surface area contributed by atoms with Gasteiger partial charge in [0.25, 0.3) is 0 Å². The van der Waals surface area contributed by atoms with Gasteiger partial charge in [-0.1, -0.05) is 62.4 Å². The first-order chi connectivity index (χ1) is 14.5. The lowest BCUT2D eigenvalue weighted by Gasteiger charge is -2.51. The van der Waals surface area contributed by atoms with E-state index in [9.17, 15) is 9.90 Å². The molecule has 2 aliphatic carbocycles. The Hall–Kier alpha value is -2.37. The van der Waals surface area contributed by atoms with Crippen molar-refractivity contribution in [2.75, 3.05) is 13.2 Å². The number of aliphatic hydroxyl groups excluding tert-OH is 1. The number of hydrogen-bond acceptors (Lipinski definition) is 4. The van der Waals surface area contributed by atoms with Crippen molar-refractivity contribution in [1.82, 2.24) is 10.6 Å². The van der Waals surface area contributed by atoms with Crippen LogP contribution >= 0.6 is 0 Å². The predicted octanol–water partition coefficient (Wildman–Crippen LogP) is 3.66. The maximum Gasteiger partial charge on any atom is 0.407 e. The summed E-state index contributed by atoms with van der Waals surface area (Å²) in [5.41, 5.74) is 4.92. The molecule has 5 nitrogen and oxygen atoms in total. The molecule has 0 bridgehead atoms. The summed E-state index contributed by atoms with van der Waals surface area (Å²) in [4.78, 5) is 12.6. The number of amides is 1. The van der Waals surface area contributed by atoms with Gasteiger partial charge in [-0.05, 0) is 41.0 Å². The molecule has 1 heterocycles. The largest absolute Gasteiger partial charge is 0.449 e. The highest BCUT2D eigenvalue weighted by molar-refractivity contribution is 5.79. The second-order valence-electron chi connectivity index (χ2n) is 9.52. The summed E-state index contributed by atoms with van der Waals surface area (Å²) in [6, 6.07) is 16.8. The number of hydrogen-bond donors (Lipinski definition) is 3. The number of benzene rings is 2. The van der Waals surface area contributed by atoms with Gasteiger partial charge in [0.15, 0.2) is 0 Å². The lowest BCUT2D eigenvalue weighted by atomic mass is 9.67. The average molecular weight is 407 g/mol. The minimum Gasteiger partial charge on any atom is -0.449 e. The number of carbonyl (C=O) groups excluding carboxylic acids is 1. The lowest BCUT2D eigenvalue weighted by molar-refractivity contribution is 0.0394. The van der Waals surface area contributed by atoms with Crippen LogP contribution in [0, 0.1) is 11.3 Å². The van der Waals surface area contributed by atoms with Crippen LogP contribution in [0.4, 0.5) is 4.79 Å². The molecule has 1 amide bonds. The average Bonchev–Trinajstić information content (AvgIpc) is 3.22. The topological polar surface area (TPSA) is 70.6 Å². The SMILES string of the molecule is CC(C)C1NCC12C[C@H](NC(=O)OCC1c3ccccc3-c3ccccc31)[C@@H](O)C2. The Morgan fingerprint density at radius 1 is 1.13 bits per heavy atom. The first-order valence-electron chi connectivity index (χ1n) is 11.0. The van der Waals surface area contributed by atoms with E-state index in [4.69, 9.17) is 4.74 Å². The van der Waals surface area contributed by atoms with Crippen LogP contribution in [-0.2, 0) is 4.74 Å². The lowest BCUT2D eigenvalue weighted by Crippen LogP contribution is -2.64. The summed E-state index contributed by atoms with van der Waals surface area (Å²) in [6.45, 7) is 5.62. The molecule has 2 aromatic rings. The molecule has 0 radical (unpaired) electrons. The zero-order valence-corrected chi connectivity index (χ0v) is 17.6. The van der Waals surface area contributed by atoms with Gasteiger partial charge in [-0.3, -0.25) is 0 Å². The summed E-state index contributed by atoms with van der Waals surface area (Å²) < 4.78 is 5.67. The van der Waals surface area contributed by atoms with Crippen molar-refractivity contribution < 1.29 is 14.6 Å². The predicted molar refractivity (Wildman–Crippen MR) is 116 cm³/mol. The van der Waals surface area contributed by atoms with Gasteiger partial charge in [-0.25, -0.2) is 4.79 Å². The Kier molecular flexibility index (Phi) is 4.83. The summed E-state index contributed by atoms with van der Waals surface area (Å²) in [6.07, 6.45) is 0.575. The third-order valence-corrected chi connectivity index (χ3v) is 7.35. The Morgan fingerprint density at radius 3 is 2.33 bits per heavy atom. The second kappa shape index (κ2) is 7.40. The van der Waals surface area contributed by atoms with Gasteiger partial charge in [0.1, 0.15) is 6.61 Å². The van der Waals surface area contributed by atoms with Crippen LogP contribution in [0.5, 0.6) is 0 Å². The Balaban J connectivity index is 1.23. The monoisotopic (exact) mass is 406 g/mol. The molecule has 30 heavy (non-hydrogen) atoms. The highest BCUT2D eigenvalue weighted by Crippen LogP contribution is 2.48. The summed E-state index contributed by atoms with van der Waals surface area (Å²) >= 11 is 0. The van der Waals surface area contributed by atoms with E-state index in [0.717, 1.165) is 19.4 Å². The van der Waals surface area contributed by atoms with E-state index < -0.39 is 12.2 Å². The van der Waals surface area contributed by atoms with Gasteiger partial charge in [0.2, 0.25) is 0 Å². The number of rotatable bonds is 4. The van der Waals surface area contributed by atoms with Crippen molar-refractivity contribution in [2.24, 2.45) is 11.3 Å². The second-order valence-corrected chi connectivity index (χ2v) is 9.52. The van der Waals surface area contributed by atoms with Gasteiger partial charge in [-0.2, -0.15) is 0 Å². The molecule has 5 rings (SSSR count). The fourth-order valence-electron chi connectivity index (χ4n) is 6.00. The molecule has 2 unspecified atom stereocenters. The van der Waals surface area contributed by atoms with Crippen molar-refractivity contribution in [1.29, 1.82) is 0 Å². The molecule has 5 heteroatoms. The molecule has 1 saturated heterocycles. The van der Waals surface area contributed by atoms with E-state index >= 15 is 0 Å². The Labute approximate surface area is 177 Å². The van der Waals surface area contributed by atoms with Gasteiger partial charge >= 0.3 is 6.09 Å². The quantitative estimate of drug-likeness (QED) is 0.725. The number of nitrogens with one attached hydrogen (secondary N) is 2. The molecule has 3 aliphatic rings. The van der Waals surface area contributed by atoms with Crippen LogP contribution < -0.4 is 10.6 Å². The van der Waals surface area contributed by atoms with Crippen molar-refractivity contribution >= 4 is 6.09 Å². The van der Waals surface area contributed by atoms with E-state index in [1.54, 1.807) is 0 Å². The van der Waals surface area contributed by atoms with Gasteiger partial charge in [0.05, 0.1) is 12.1 Å². The number of ether oxygens (including phenoxy) is 1. The molecule has 1 aliphatic heterocycles. The van der Waals surface area contributed by atoms with E-state index in [2.05, 4.69) is 48.7 Å². The molecule has 3 N–H and O–H groups in total. The van der Waals surface area contributed by atoms with Crippen LogP contribution in [0.3, 0.4) is 0 Å². The van der Waals surface area contributed by atoms with Crippen molar-refractivity contribution in [2.45, 2.75) is 50.8 Å². The van der Waals surface area contributed by atoms with Gasteiger partial charge in [-0.15, -0.1) is 0 Å². The number of carbonyl (C=O) groups is 1. The fraction of sp³-hybridized carbons (Fsp3) is 0.480. The Bertz CT molecular complexity index is 913. The first-order valence-corrected chi connectivity index (χ1v) is 11.0. The molecule has 158 valence electrons. The van der Waals surface area contributed by atoms with Crippen molar-refractivity contribution in [3.8, 4) is 11.1 Å². The molecule has 1 spiro atoms. The molecule has 2 fully saturated rings. The van der Waals surface area contributed by atoms with Crippen LogP contribution in [0.1, 0.15) is 43.7 Å². The van der Waals surface area contributed by atoms with Crippen LogP contribution in [-0.4, -0.2) is 42.5 Å². The summed E-state index contributed by atoms with van der Waals surface area (Å²) in [5, 5.41) is 17.0. The smallest absolute Gasteiger partial charge is 0.407 e. The summed E-state index contributed by atoms with van der Waals surface area (Å²) in [7, 11) is 0. The maximum atomic E-state index is 12.6. The van der Waals surface area contributed by atoms with Gasteiger partial charge < -0.3 is 20.5 Å². The van der Waals surface area contributed by atoms with Crippen LogP contribution in [0.25, 0.3) is 11.1 Å². The normalized spacial score (nSPS) is 29.5. The van der Waals surface area contributed by atoms with Crippen molar-refractivity contribution in [3.63, 3.8) is 0 Å². The standard InChI is InChI=1S/C25H30N2O3/c1-15(2)23-25(14-26-23)11-21(22(28)12-25)27-24(29)30-13-20-18-9-5-3-7-16(18)17-8-4-6-10-19(17)20/h3-10,15,20-23,26,28H,11-14H2,1-2H3,(H,27,29)/t21-,22-,23?,25?/m0/s1. The van der Waals surface area contributed by atoms with E-state index in [-0.39, 0.29) is 17.4 Å². The summed E-state index contributed by atoms with van der Waals surface area (Å²) in [5.74, 6) is 0.559. The maximum absolute atomic E-state index is 12.6. The highest BCUT2D eigenvalue weighted by atomic mass is 16.5. The van der Waals surface area contributed by atoms with E-state index in [1.165, 1.54) is 22.3 Å². The third kappa shape index (κ3) is 3.12. The Morgan fingerprint density at radius 2 is 1.77 bits per heavy atom. The first kappa shape index (κ1) is 19.6. The molecular weight excluding hydrogens is 376 g/mol. The molecule has 4 atom stereocenters. The number of aliphatic hydroxyl groups is 1. The third-order valence-electron chi connectivity index (χ3n) is 7.35. The van der Waals surface area contributed by atoms with Gasteiger partial charge in [0, 0.05) is 23.9 Å². The minimum absolute atomic E-state index is 0.0455. The van der Waals surface area contributed by atoms with Crippen LogP contribution in [0.2, 0.25) is 0 Å². The molecular formula is C25H30N2O3.